The Bertz CT molecular complexity index is 366. The Labute approximate surface area is 100 Å². The van der Waals surface area contributed by atoms with E-state index in [1.165, 1.54) is 13.3 Å². The molecule has 1 saturated heterocycles. The summed E-state index contributed by atoms with van der Waals surface area (Å²) in [5, 5.41) is 37.6. The van der Waals surface area contributed by atoms with Gasteiger partial charge in [-0.2, -0.15) is 0 Å². The fraction of sp³-hybridized carbons (Fsp3) is 1.00. The average molecular weight is 269 g/mol. The third-order valence-electron chi connectivity index (χ3n) is 2.85. The van der Waals surface area contributed by atoms with E-state index < -0.39 is 40.4 Å². The molecule has 1 heterocycles. The van der Waals surface area contributed by atoms with Gasteiger partial charge in [-0.1, -0.05) is 0 Å². The fourth-order valence-electron chi connectivity index (χ4n) is 1.60. The van der Waals surface area contributed by atoms with Crippen LogP contribution in [0.1, 0.15) is 6.42 Å². The zero-order valence-electron chi connectivity index (χ0n) is 9.76. The molecule has 4 N–H and O–H groups in total. The third kappa shape index (κ3) is 3.60. The smallest absolute Gasteiger partial charge is 0.183 e. The Morgan fingerprint density at radius 2 is 1.76 bits per heavy atom. The molecule has 0 saturated carbocycles. The average Bonchev–Trinajstić information content (AvgIpc) is 2.29. The van der Waals surface area contributed by atoms with Crippen molar-refractivity contribution in [3.63, 3.8) is 0 Å². The van der Waals surface area contributed by atoms with Gasteiger partial charge in [-0.25, -0.2) is 4.36 Å². The highest BCUT2D eigenvalue weighted by atomic mass is 32.2. The minimum Gasteiger partial charge on any atom is -0.388 e. The second-order valence-corrected chi connectivity index (χ2v) is 6.86. The van der Waals surface area contributed by atoms with Gasteiger partial charge in [0.2, 0.25) is 0 Å². The van der Waals surface area contributed by atoms with Crippen LogP contribution in [0, 0.1) is 0 Å². The summed E-state index contributed by atoms with van der Waals surface area (Å²) in [7, 11) is -0.894. The van der Waals surface area contributed by atoms with Crippen molar-refractivity contribution in [3.05, 3.63) is 0 Å². The van der Waals surface area contributed by atoms with E-state index >= 15 is 0 Å². The summed E-state index contributed by atoms with van der Waals surface area (Å²) < 4.78 is 20.3. The number of aliphatic hydroxyl groups excluding tert-OH is 4. The van der Waals surface area contributed by atoms with Crippen molar-refractivity contribution >= 4 is 9.73 Å². The van der Waals surface area contributed by atoms with E-state index in [-0.39, 0.29) is 12.2 Å². The third-order valence-corrected chi connectivity index (χ3v) is 4.62. The van der Waals surface area contributed by atoms with Crippen LogP contribution in [0.15, 0.2) is 4.36 Å². The van der Waals surface area contributed by atoms with Gasteiger partial charge >= 0.3 is 0 Å². The predicted molar refractivity (Wildman–Crippen MR) is 60.8 cm³/mol. The second kappa shape index (κ2) is 5.59. The summed E-state index contributed by atoms with van der Waals surface area (Å²) in [6, 6.07) is 0. The monoisotopic (exact) mass is 269 g/mol. The van der Waals surface area contributed by atoms with E-state index in [0.29, 0.717) is 0 Å². The summed E-state index contributed by atoms with van der Waals surface area (Å²) in [6.07, 6.45) is -5.10. The molecular weight excluding hydrogens is 250 g/mol. The van der Waals surface area contributed by atoms with E-state index in [1.807, 2.05) is 0 Å². The summed E-state index contributed by atoms with van der Waals surface area (Å²) in [6.45, 7) is 0. The highest BCUT2D eigenvalue weighted by Crippen LogP contribution is 2.22. The first-order valence-corrected chi connectivity index (χ1v) is 7.33. The first-order chi connectivity index (χ1) is 7.78. The van der Waals surface area contributed by atoms with E-state index in [4.69, 9.17) is 4.74 Å². The van der Waals surface area contributed by atoms with Crippen LogP contribution in [0.25, 0.3) is 0 Å². The Hall–Kier alpha value is -0.250. The van der Waals surface area contributed by atoms with Gasteiger partial charge in [0.25, 0.3) is 0 Å². The Morgan fingerprint density at radius 3 is 2.29 bits per heavy atom. The second-order valence-electron chi connectivity index (χ2n) is 4.17. The number of hydrogen-bond acceptors (Lipinski definition) is 7. The van der Waals surface area contributed by atoms with Crippen LogP contribution in [-0.2, 0) is 14.5 Å². The number of ether oxygens (including phenoxy) is 1. The lowest BCUT2D eigenvalue weighted by Gasteiger charge is -2.38. The van der Waals surface area contributed by atoms with Crippen molar-refractivity contribution in [2.24, 2.45) is 4.36 Å². The van der Waals surface area contributed by atoms with Crippen molar-refractivity contribution in [2.45, 2.75) is 37.1 Å². The molecule has 102 valence electrons. The van der Waals surface area contributed by atoms with Crippen LogP contribution in [-0.4, -0.2) is 74.4 Å². The first-order valence-electron chi connectivity index (χ1n) is 5.24. The van der Waals surface area contributed by atoms with Crippen LogP contribution in [0.5, 0.6) is 0 Å². The Morgan fingerprint density at radius 1 is 1.18 bits per heavy atom. The molecule has 1 rings (SSSR count). The molecule has 17 heavy (non-hydrogen) atoms. The molecule has 0 aromatic carbocycles. The predicted octanol–water partition coefficient (Wildman–Crippen LogP) is -2.10. The van der Waals surface area contributed by atoms with Crippen LogP contribution < -0.4 is 0 Å². The normalized spacial score (nSPS) is 41.9. The molecular formula is C9H19NO6S. The zero-order valence-corrected chi connectivity index (χ0v) is 10.6. The highest BCUT2D eigenvalue weighted by Gasteiger charge is 2.42. The summed E-state index contributed by atoms with van der Waals surface area (Å²) in [5.41, 5.74) is 0. The Balaban J connectivity index is 2.63. The molecule has 0 amide bonds. The Kier molecular flexibility index (Phi) is 4.87. The van der Waals surface area contributed by atoms with Crippen molar-refractivity contribution in [1.29, 1.82) is 0 Å². The highest BCUT2D eigenvalue weighted by molar-refractivity contribution is 7.92. The van der Waals surface area contributed by atoms with Crippen molar-refractivity contribution in [3.8, 4) is 0 Å². The van der Waals surface area contributed by atoms with Gasteiger partial charge in [-0.15, -0.1) is 0 Å². The van der Waals surface area contributed by atoms with E-state index in [1.54, 1.807) is 0 Å². The zero-order chi connectivity index (χ0) is 13.2. The molecule has 1 aliphatic rings. The lowest BCUT2D eigenvalue weighted by molar-refractivity contribution is -0.281. The first kappa shape index (κ1) is 14.8. The molecule has 0 bridgehead atoms. The maximum atomic E-state index is 11.7. The number of hydrogen-bond donors (Lipinski definition) is 4. The lowest BCUT2D eigenvalue weighted by atomic mass is 9.97. The van der Waals surface area contributed by atoms with Gasteiger partial charge < -0.3 is 25.2 Å². The van der Waals surface area contributed by atoms with Gasteiger partial charge in [-0.05, 0) is 6.42 Å². The number of nitrogens with zero attached hydrogens (tertiary/aromatic N) is 1. The molecule has 0 aliphatic carbocycles. The van der Waals surface area contributed by atoms with E-state index in [9.17, 15) is 24.6 Å². The molecule has 8 heteroatoms. The van der Waals surface area contributed by atoms with Crippen molar-refractivity contribution in [2.75, 3.05) is 19.1 Å². The minimum absolute atomic E-state index is 0.175. The molecule has 0 spiro atoms. The van der Waals surface area contributed by atoms with Gasteiger partial charge in [0, 0.05) is 28.8 Å². The van der Waals surface area contributed by atoms with Crippen molar-refractivity contribution in [1.82, 2.24) is 0 Å². The van der Waals surface area contributed by atoms with E-state index in [2.05, 4.69) is 4.36 Å². The van der Waals surface area contributed by atoms with Gasteiger partial charge in [0.15, 0.2) is 6.29 Å². The largest absolute Gasteiger partial charge is 0.388 e. The topological polar surface area (TPSA) is 120 Å². The SMILES string of the molecule is CN=S(C)(=O)CC[C@H]1O[C@H](O)[C@@H](O)[C@@H](O)[C@@H]1O. The molecule has 1 unspecified atom stereocenters. The molecule has 1 aliphatic heterocycles. The summed E-state index contributed by atoms with van der Waals surface area (Å²) in [4.78, 5) is 0. The van der Waals surface area contributed by atoms with Crippen LogP contribution in [0.2, 0.25) is 0 Å². The quantitative estimate of drug-likeness (QED) is 0.466. The van der Waals surface area contributed by atoms with E-state index in [0.717, 1.165) is 0 Å². The lowest BCUT2D eigenvalue weighted by Crippen LogP contribution is -2.57. The molecule has 1 fully saturated rings. The van der Waals surface area contributed by atoms with Gasteiger partial charge in [0.1, 0.15) is 18.3 Å². The number of aliphatic hydroxyl groups is 4. The molecule has 0 aromatic heterocycles. The van der Waals surface area contributed by atoms with Crippen LogP contribution in [0.3, 0.4) is 0 Å². The number of rotatable bonds is 3. The molecule has 7 nitrogen and oxygen atoms in total. The fourth-order valence-corrected chi connectivity index (χ4v) is 2.45. The standard InChI is InChI=1S/C9H19NO6S/c1-10-17(2,15)4-3-5-6(11)7(12)8(13)9(14)16-5/h5-9,11-14H,3-4H2,1-2H3/t5-,6-,7+,8+,9+,17?/m1/s1. The molecule has 6 atom stereocenters. The van der Waals surface area contributed by atoms with Crippen LogP contribution >= 0.6 is 0 Å². The molecule has 0 radical (unpaired) electrons. The maximum Gasteiger partial charge on any atom is 0.183 e. The summed E-state index contributed by atoms with van der Waals surface area (Å²) >= 11 is 0. The maximum absolute atomic E-state index is 11.7. The van der Waals surface area contributed by atoms with Crippen molar-refractivity contribution < 1.29 is 29.4 Å². The van der Waals surface area contributed by atoms with Crippen LogP contribution in [0.4, 0.5) is 0 Å². The van der Waals surface area contributed by atoms with Gasteiger partial charge in [-0.3, -0.25) is 4.21 Å². The minimum atomic E-state index is -2.33. The molecule has 0 aromatic rings. The van der Waals surface area contributed by atoms with Gasteiger partial charge in [0.05, 0.1) is 6.10 Å². The summed E-state index contributed by atoms with van der Waals surface area (Å²) in [5.74, 6) is 0.181.